The van der Waals surface area contributed by atoms with Crippen LogP contribution in [0, 0.1) is 11.8 Å². The van der Waals surface area contributed by atoms with Crippen LogP contribution >= 0.6 is 12.6 Å². The van der Waals surface area contributed by atoms with Gasteiger partial charge in [0, 0.05) is 5.75 Å². The molecule has 0 heterocycles. The summed E-state index contributed by atoms with van der Waals surface area (Å²) in [5.74, 6) is 2.16. The first kappa shape index (κ1) is 11.9. The molecule has 0 aromatic heterocycles. The van der Waals surface area contributed by atoms with Crippen LogP contribution in [0.5, 0.6) is 0 Å². The Hall–Kier alpha value is -0.210. The number of allylic oxidation sites excluding steroid dienone is 2. The zero-order valence-electron chi connectivity index (χ0n) is 8.91. The van der Waals surface area contributed by atoms with E-state index in [1.165, 1.54) is 6.42 Å². The maximum Gasteiger partial charge on any atom is 0.0682 e. The quantitative estimate of drug-likeness (QED) is 0.544. The smallest absolute Gasteiger partial charge is 0.0682 e. The third-order valence-corrected chi connectivity index (χ3v) is 3.23. The molecule has 1 rings (SSSR count). The fourth-order valence-electron chi connectivity index (χ4n) is 1.64. The van der Waals surface area contributed by atoms with Crippen LogP contribution in [0.15, 0.2) is 24.3 Å². The van der Waals surface area contributed by atoms with Crippen LogP contribution in [0.25, 0.3) is 0 Å². The van der Waals surface area contributed by atoms with Crippen molar-refractivity contribution in [2.45, 2.75) is 19.8 Å². The zero-order valence-corrected chi connectivity index (χ0v) is 9.80. The summed E-state index contributed by atoms with van der Waals surface area (Å²) in [5, 5.41) is 0. The minimum Gasteiger partial charge on any atom is -0.377 e. The lowest BCUT2D eigenvalue weighted by Crippen LogP contribution is -2.20. The van der Waals surface area contributed by atoms with E-state index >= 15 is 0 Å². The Balaban J connectivity index is 2.17. The lowest BCUT2D eigenvalue weighted by molar-refractivity contribution is 0.0949. The van der Waals surface area contributed by atoms with E-state index in [-0.39, 0.29) is 0 Å². The Labute approximate surface area is 92.6 Å². The van der Waals surface area contributed by atoms with Gasteiger partial charge in [-0.2, -0.15) is 12.6 Å². The largest absolute Gasteiger partial charge is 0.377 e. The molecular weight excluding hydrogens is 192 g/mol. The van der Waals surface area contributed by atoms with Crippen molar-refractivity contribution in [3.63, 3.8) is 0 Å². The van der Waals surface area contributed by atoms with Crippen LogP contribution in [0.4, 0.5) is 0 Å². The highest BCUT2D eigenvalue weighted by molar-refractivity contribution is 7.80. The minimum atomic E-state index is 0.663. The molecule has 1 aliphatic carbocycles. The normalized spacial score (nSPS) is 26.4. The topological polar surface area (TPSA) is 9.23 Å². The number of thiol groups is 1. The van der Waals surface area contributed by atoms with Crippen LogP contribution in [-0.4, -0.2) is 19.0 Å². The van der Waals surface area contributed by atoms with Crippen LogP contribution in [0.2, 0.25) is 0 Å². The fraction of sp³-hybridized carbons (Fsp3) is 0.667. The number of hydrogen-bond donors (Lipinski definition) is 1. The molecule has 0 radical (unpaired) electrons. The summed E-state index contributed by atoms with van der Waals surface area (Å²) in [4.78, 5) is 0. The average Bonchev–Trinajstić information content (AvgIpc) is 2.20. The predicted molar refractivity (Wildman–Crippen MR) is 64.8 cm³/mol. The summed E-state index contributed by atoms with van der Waals surface area (Å²) in [6.45, 7) is 7.68. The lowest BCUT2D eigenvalue weighted by atomic mass is 9.85. The molecule has 2 unspecified atom stereocenters. The van der Waals surface area contributed by atoms with Crippen molar-refractivity contribution in [3.05, 3.63) is 24.3 Å². The first-order chi connectivity index (χ1) is 6.74. The third kappa shape index (κ3) is 3.89. The molecule has 0 saturated heterocycles. The van der Waals surface area contributed by atoms with Gasteiger partial charge in [-0.3, -0.25) is 0 Å². The van der Waals surface area contributed by atoms with Crippen molar-refractivity contribution in [2.75, 3.05) is 19.0 Å². The molecule has 0 fully saturated rings. The highest BCUT2D eigenvalue weighted by Gasteiger charge is 2.17. The van der Waals surface area contributed by atoms with Gasteiger partial charge in [0.05, 0.1) is 13.2 Å². The number of rotatable bonds is 5. The van der Waals surface area contributed by atoms with Crippen LogP contribution in [0.1, 0.15) is 19.8 Å². The van der Waals surface area contributed by atoms with Gasteiger partial charge in [0.15, 0.2) is 0 Å². The second kappa shape index (κ2) is 6.31. The molecule has 0 aliphatic heterocycles. The van der Waals surface area contributed by atoms with Crippen LogP contribution in [-0.2, 0) is 4.74 Å². The Bertz CT molecular complexity index is 210. The predicted octanol–water partition coefficient (Wildman–Crippen LogP) is 3.09. The van der Waals surface area contributed by atoms with E-state index in [0.717, 1.165) is 30.3 Å². The van der Waals surface area contributed by atoms with Crippen LogP contribution < -0.4 is 0 Å². The molecule has 2 heteroatoms. The molecule has 0 bridgehead atoms. The van der Waals surface area contributed by atoms with Gasteiger partial charge in [-0.1, -0.05) is 25.7 Å². The molecule has 0 aromatic rings. The summed E-state index contributed by atoms with van der Waals surface area (Å²) < 4.78 is 5.61. The van der Waals surface area contributed by atoms with E-state index < -0.39 is 0 Å². The van der Waals surface area contributed by atoms with Gasteiger partial charge < -0.3 is 4.74 Å². The third-order valence-electron chi connectivity index (χ3n) is 2.78. The van der Waals surface area contributed by atoms with E-state index in [1.54, 1.807) is 0 Å². The first-order valence-electron chi connectivity index (χ1n) is 5.24. The van der Waals surface area contributed by atoms with Gasteiger partial charge in [-0.05, 0) is 30.3 Å². The second-order valence-corrected chi connectivity index (χ2v) is 4.42. The lowest BCUT2D eigenvalue weighted by Gasteiger charge is -2.25. The molecule has 0 saturated carbocycles. The maximum absolute atomic E-state index is 5.61. The highest BCUT2D eigenvalue weighted by Crippen LogP contribution is 2.25. The van der Waals surface area contributed by atoms with Crippen molar-refractivity contribution < 1.29 is 4.74 Å². The summed E-state index contributed by atoms with van der Waals surface area (Å²) >= 11 is 4.14. The Kier molecular flexibility index (Phi) is 5.34. The van der Waals surface area contributed by atoms with Crippen LogP contribution in [0.3, 0.4) is 0 Å². The summed E-state index contributed by atoms with van der Waals surface area (Å²) in [6, 6.07) is 0. The standard InChI is InChI=1S/C12H20OS/c1-10(9-14)7-13-8-12-6-4-3-5-11(12)2/h3-4,11-12,14H,1,5-9H2,2H3. The Morgan fingerprint density at radius 1 is 1.50 bits per heavy atom. The van der Waals surface area contributed by atoms with Gasteiger partial charge >= 0.3 is 0 Å². The van der Waals surface area contributed by atoms with Crippen molar-refractivity contribution >= 4 is 12.6 Å². The molecular formula is C12H20OS. The van der Waals surface area contributed by atoms with Crippen molar-refractivity contribution in [3.8, 4) is 0 Å². The summed E-state index contributed by atoms with van der Waals surface area (Å²) in [7, 11) is 0. The zero-order chi connectivity index (χ0) is 10.4. The van der Waals surface area contributed by atoms with Gasteiger partial charge in [-0.15, -0.1) is 0 Å². The van der Waals surface area contributed by atoms with Crippen molar-refractivity contribution in [1.29, 1.82) is 0 Å². The fourth-order valence-corrected chi connectivity index (χ4v) is 1.73. The van der Waals surface area contributed by atoms with Crippen molar-refractivity contribution in [2.24, 2.45) is 11.8 Å². The molecule has 14 heavy (non-hydrogen) atoms. The van der Waals surface area contributed by atoms with E-state index in [9.17, 15) is 0 Å². The molecule has 0 amide bonds. The molecule has 80 valence electrons. The number of ether oxygens (including phenoxy) is 1. The van der Waals surface area contributed by atoms with E-state index in [2.05, 4.69) is 38.3 Å². The Morgan fingerprint density at radius 3 is 2.86 bits per heavy atom. The molecule has 0 aromatic carbocycles. The Morgan fingerprint density at radius 2 is 2.21 bits per heavy atom. The van der Waals surface area contributed by atoms with Gasteiger partial charge in [-0.25, -0.2) is 0 Å². The van der Waals surface area contributed by atoms with E-state index in [0.29, 0.717) is 12.5 Å². The SMILES string of the molecule is C=C(CS)COCC1CC=CCC1C. The number of hydrogen-bond acceptors (Lipinski definition) is 2. The van der Waals surface area contributed by atoms with E-state index in [4.69, 9.17) is 4.74 Å². The van der Waals surface area contributed by atoms with Gasteiger partial charge in [0.25, 0.3) is 0 Å². The summed E-state index contributed by atoms with van der Waals surface area (Å²) in [5.41, 5.74) is 1.06. The van der Waals surface area contributed by atoms with Crippen molar-refractivity contribution in [1.82, 2.24) is 0 Å². The first-order valence-corrected chi connectivity index (χ1v) is 5.87. The molecule has 2 atom stereocenters. The molecule has 0 spiro atoms. The highest BCUT2D eigenvalue weighted by atomic mass is 32.1. The van der Waals surface area contributed by atoms with Gasteiger partial charge in [0.1, 0.15) is 0 Å². The minimum absolute atomic E-state index is 0.663. The molecule has 0 N–H and O–H groups in total. The molecule has 1 nitrogen and oxygen atoms in total. The average molecular weight is 212 g/mol. The maximum atomic E-state index is 5.61. The summed E-state index contributed by atoms with van der Waals surface area (Å²) in [6.07, 6.45) is 6.89. The van der Waals surface area contributed by atoms with E-state index in [1.807, 2.05) is 0 Å². The van der Waals surface area contributed by atoms with Gasteiger partial charge in [0.2, 0.25) is 0 Å². The molecule has 1 aliphatic rings. The second-order valence-electron chi connectivity index (χ2n) is 4.10. The monoisotopic (exact) mass is 212 g/mol.